The topological polar surface area (TPSA) is 58.6 Å². The van der Waals surface area contributed by atoms with Crippen LogP contribution in [0.25, 0.3) is 0 Å². The van der Waals surface area contributed by atoms with Crippen molar-refractivity contribution in [1.29, 1.82) is 0 Å². The molecule has 0 aromatic rings. The van der Waals surface area contributed by atoms with Gasteiger partial charge in [0.1, 0.15) is 0 Å². The van der Waals surface area contributed by atoms with Crippen LogP contribution < -0.4 is 5.32 Å². The van der Waals surface area contributed by atoms with E-state index in [-0.39, 0.29) is 18.7 Å². The molecule has 0 bridgehead atoms. The second kappa shape index (κ2) is 3.42. The van der Waals surface area contributed by atoms with Crippen molar-refractivity contribution in [3.8, 4) is 0 Å². The van der Waals surface area contributed by atoms with Crippen LogP contribution >= 0.6 is 0 Å². The third kappa shape index (κ3) is 1.66. The van der Waals surface area contributed by atoms with Crippen LogP contribution in [0.15, 0.2) is 0 Å². The van der Waals surface area contributed by atoms with E-state index >= 15 is 0 Å². The number of nitrogens with zero attached hydrogens (tertiary/aromatic N) is 1. The number of nitrogens with one attached hydrogen (secondary N) is 1. The van der Waals surface area contributed by atoms with Gasteiger partial charge in [-0.2, -0.15) is 0 Å². The molecule has 5 heteroatoms. The molecule has 1 unspecified atom stereocenters. The number of amides is 3. The number of ether oxygens (including phenoxy) is 1. The van der Waals surface area contributed by atoms with Gasteiger partial charge in [-0.15, -0.1) is 0 Å². The lowest BCUT2D eigenvalue weighted by Gasteiger charge is -2.10. The molecule has 3 amide bonds. The van der Waals surface area contributed by atoms with Gasteiger partial charge in [0.05, 0.1) is 13.2 Å². The summed E-state index contributed by atoms with van der Waals surface area (Å²) in [6.45, 7) is 4.21. The zero-order valence-electron chi connectivity index (χ0n) is 7.16. The molecule has 68 valence electrons. The second-order valence-corrected chi connectivity index (χ2v) is 2.66. The van der Waals surface area contributed by atoms with Crippen LogP contribution in [0.3, 0.4) is 0 Å². The Morgan fingerprint density at radius 3 is 2.92 bits per heavy atom. The van der Waals surface area contributed by atoms with Crippen molar-refractivity contribution < 1.29 is 14.3 Å². The number of hydrogen-bond acceptors (Lipinski definition) is 3. The van der Waals surface area contributed by atoms with Gasteiger partial charge in [-0.25, -0.2) is 14.5 Å². The van der Waals surface area contributed by atoms with Crippen LogP contribution in [0, 0.1) is 0 Å². The Hall–Kier alpha value is -1.26. The van der Waals surface area contributed by atoms with Crippen LogP contribution in [0.4, 0.5) is 9.59 Å². The Morgan fingerprint density at radius 2 is 2.50 bits per heavy atom. The standard InChI is InChI=1S/C7H12N2O3/c1-3-12-7(11)9-4-5(2)8-6(9)10/h5H,3-4H2,1-2H3,(H,8,10). The Bertz CT molecular complexity index is 205. The molecule has 1 fully saturated rings. The van der Waals surface area contributed by atoms with E-state index in [4.69, 9.17) is 0 Å². The van der Waals surface area contributed by atoms with Gasteiger partial charge in [-0.1, -0.05) is 0 Å². The molecule has 0 radical (unpaired) electrons. The highest BCUT2D eigenvalue weighted by atomic mass is 16.6. The first-order valence-electron chi connectivity index (χ1n) is 3.90. The van der Waals surface area contributed by atoms with Crippen LogP contribution in [0.1, 0.15) is 13.8 Å². The molecule has 1 atom stereocenters. The van der Waals surface area contributed by atoms with E-state index in [1.54, 1.807) is 6.92 Å². The van der Waals surface area contributed by atoms with Gasteiger partial charge in [-0.05, 0) is 13.8 Å². The SMILES string of the molecule is CCOC(=O)N1CC(C)NC1=O. The monoisotopic (exact) mass is 172 g/mol. The summed E-state index contributed by atoms with van der Waals surface area (Å²) < 4.78 is 4.67. The molecule has 12 heavy (non-hydrogen) atoms. The van der Waals surface area contributed by atoms with Crippen molar-refractivity contribution in [1.82, 2.24) is 10.2 Å². The van der Waals surface area contributed by atoms with Crippen molar-refractivity contribution in [3.05, 3.63) is 0 Å². The summed E-state index contributed by atoms with van der Waals surface area (Å²) in [6.07, 6.45) is -0.570. The third-order valence-corrected chi connectivity index (χ3v) is 1.56. The summed E-state index contributed by atoms with van der Waals surface area (Å²) in [7, 11) is 0. The van der Waals surface area contributed by atoms with Gasteiger partial charge < -0.3 is 10.1 Å². The molecular weight excluding hydrogens is 160 g/mol. The van der Waals surface area contributed by atoms with Gasteiger partial charge in [0.2, 0.25) is 0 Å². The maximum absolute atomic E-state index is 11.0. The molecule has 1 rings (SSSR count). The lowest BCUT2D eigenvalue weighted by molar-refractivity contribution is 0.121. The molecule has 1 aliphatic rings. The van der Waals surface area contributed by atoms with Crippen molar-refractivity contribution >= 4 is 12.1 Å². The summed E-state index contributed by atoms with van der Waals surface area (Å²) in [5.41, 5.74) is 0. The third-order valence-electron chi connectivity index (χ3n) is 1.56. The number of hydrogen-bond donors (Lipinski definition) is 1. The first kappa shape index (κ1) is 8.83. The zero-order chi connectivity index (χ0) is 9.14. The molecule has 0 saturated carbocycles. The first-order chi connectivity index (χ1) is 5.65. The summed E-state index contributed by atoms with van der Waals surface area (Å²) >= 11 is 0. The number of imide groups is 1. The van der Waals surface area contributed by atoms with E-state index in [2.05, 4.69) is 10.1 Å². The van der Waals surface area contributed by atoms with Crippen molar-refractivity contribution in [2.45, 2.75) is 19.9 Å². The molecule has 0 aliphatic carbocycles. The highest BCUT2D eigenvalue weighted by Gasteiger charge is 2.31. The lowest BCUT2D eigenvalue weighted by atomic mass is 10.4. The number of carbonyl (C=O) groups is 2. The fraction of sp³-hybridized carbons (Fsp3) is 0.714. The van der Waals surface area contributed by atoms with E-state index in [9.17, 15) is 9.59 Å². The Labute approximate surface area is 70.7 Å². The van der Waals surface area contributed by atoms with Gasteiger partial charge in [0.15, 0.2) is 0 Å². The molecule has 1 heterocycles. The van der Waals surface area contributed by atoms with E-state index in [1.165, 1.54) is 0 Å². The second-order valence-electron chi connectivity index (χ2n) is 2.66. The summed E-state index contributed by atoms with van der Waals surface area (Å²) in [5, 5.41) is 2.59. The Kier molecular flexibility index (Phi) is 2.52. The molecular formula is C7H12N2O3. The number of urea groups is 1. The minimum atomic E-state index is -0.570. The average molecular weight is 172 g/mol. The van der Waals surface area contributed by atoms with Crippen LogP contribution in [0.5, 0.6) is 0 Å². The summed E-state index contributed by atoms with van der Waals surface area (Å²) in [4.78, 5) is 23.1. The molecule has 0 spiro atoms. The predicted octanol–water partition coefficient (Wildman–Crippen LogP) is 0.557. The predicted molar refractivity (Wildman–Crippen MR) is 41.7 cm³/mol. The van der Waals surface area contributed by atoms with Crippen molar-refractivity contribution in [2.24, 2.45) is 0 Å². The summed E-state index contributed by atoms with van der Waals surface area (Å²) in [5.74, 6) is 0. The van der Waals surface area contributed by atoms with E-state index in [0.29, 0.717) is 6.54 Å². The molecule has 1 N–H and O–H groups in total. The zero-order valence-corrected chi connectivity index (χ0v) is 7.16. The fourth-order valence-corrected chi connectivity index (χ4v) is 1.05. The van der Waals surface area contributed by atoms with Gasteiger partial charge >= 0.3 is 12.1 Å². The van der Waals surface area contributed by atoms with Crippen LogP contribution in [0.2, 0.25) is 0 Å². The molecule has 1 saturated heterocycles. The van der Waals surface area contributed by atoms with Gasteiger partial charge in [0, 0.05) is 6.04 Å². The molecule has 5 nitrogen and oxygen atoms in total. The highest BCUT2D eigenvalue weighted by molar-refractivity contribution is 5.92. The summed E-state index contributed by atoms with van der Waals surface area (Å²) in [6, 6.07) is -0.358. The Morgan fingerprint density at radius 1 is 1.83 bits per heavy atom. The fourth-order valence-electron chi connectivity index (χ4n) is 1.05. The highest BCUT2D eigenvalue weighted by Crippen LogP contribution is 2.04. The minimum Gasteiger partial charge on any atom is -0.449 e. The maximum atomic E-state index is 11.0. The van der Waals surface area contributed by atoms with Gasteiger partial charge in [-0.3, -0.25) is 0 Å². The lowest BCUT2D eigenvalue weighted by Crippen LogP contribution is -2.34. The largest absolute Gasteiger partial charge is 0.449 e. The molecule has 0 aromatic heterocycles. The maximum Gasteiger partial charge on any atom is 0.418 e. The smallest absolute Gasteiger partial charge is 0.418 e. The van der Waals surface area contributed by atoms with E-state index in [0.717, 1.165) is 4.90 Å². The van der Waals surface area contributed by atoms with Gasteiger partial charge in [0.25, 0.3) is 0 Å². The normalized spacial score (nSPS) is 22.3. The van der Waals surface area contributed by atoms with Crippen LogP contribution in [-0.4, -0.2) is 36.2 Å². The Balaban J connectivity index is 2.52. The van der Waals surface area contributed by atoms with Crippen molar-refractivity contribution in [2.75, 3.05) is 13.2 Å². The first-order valence-corrected chi connectivity index (χ1v) is 3.90. The average Bonchev–Trinajstić information content (AvgIpc) is 2.30. The van der Waals surface area contributed by atoms with E-state index < -0.39 is 6.09 Å². The van der Waals surface area contributed by atoms with Crippen molar-refractivity contribution in [3.63, 3.8) is 0 Å². The minimum absolute atomic E-state index is 0.0157. The molecule has 1 aliphatic heterocycles. The number of rotatable bonds is 1. The van der Waals surface area contributed by atoms with E-state index in [1.807, 2.05) is 6.92 Å². The molecule has 0 aromatic carbocycles. The van der Waals surface area contributed by atoms with Crippen LogP contribution in [-0.2, 0) is 4.74 Å². The number of carbonyl (C=O) groups excluding carboxylic acids is 2. The quantitative estimate of drug-likeness (QED) is 0.628.